The van der Waals surface area contributed by atoms with E-state index < -0.39 is 0 Å². The van der Waals surface area contributed by atoms with E-state index in [1.54, 1.807) is 12.1 Å². The van der Waals surface area contributed by atoms with Crippen LogP contribution in [0.5, 0.6) is 0 Å². The number of amides is 1. The molecule has 1 amide bonds. The maximum atomic E-state index is 11.1. The van der Waals surface area contributed by atoms with E-state index in [4.69, 9.17) is 5.73 Å². The molecule has 0 unspecified atom stereocenters. The lowest BCUT2D eigenvalue weighted by Gasteiger charge is -2.37. The Hall–Kier alpha value is -1.39. The minimum absolute atomic E-state index is 0.128. The highest BCUT2D eigenvalue weighted by molar-refractivity contribution is 5.92. The molecule has 3 rings (SSSR count). The molecule has 0 radical (unpaired) electrons. The highest BCUT2D eigenvalue weighted by Gasteiger charge is 2.36. The molecule has 120 valence electrons. The Kier molecular flexibility index (Phi) is 4.79. The van der Waals surface area contributed by atoms with Gasteiger partial charge >= 0.3 is 0 Å². The predicted molar refractivity (Wildman–Crippen MR) is 86.4 cm³/mol. The molecular formula is C18H26N2O2. The topological polar surface area (TPSA) is 66.6 Å². The fourth-order valence-corrected chi connectivity index (χ4v) is 4.13. The lowest BCUT2D eigenvalue weighted by Crippen LogP contribution is -2.42. The zero-order valence-electron chi connectivity index (χ0n) is 13.1. The second-order valence-electron chi connectivity index (χ2n) is 6.76. The molecule has 3 N–H and O–H groups in total. The zero-order valence-corrected chi connectivity index (χ0v) is 13.1. The summed E-state index contributed by atoms with van der Waals surface area (Å²) in [5, 5.41) is 10.3. The smallest absolute Gasteiger partial charge is 0.248 e. The third-order valence-corrected chi connectivity index (χ3v) is 5.31. The van der Waals surface area contributed by atoms with Gasteiger partial charge in [0.05, 0.1) is 6.10 Å². The van der Waals surface area contributed by atoms with Crippen molar-refractivity contribution in [1.29, 1.82) is 0 Å². The lowest BCUT2D eigenvalue weighted by atomic mass is 9.80. The van der Waals surface area contributed by atoms with E-state index in [1.165, 1.54) is 31.2 Å². The second-order valence-corrected chi connectivity index (χ2v) is 6.76. The van der Waals surface area contributed by atoms with Gasteiger partial charge in [-0.3, -0.25) is 9.69 Å². The number of benzene rings is 1. The van der Waals surface area contributed by atoms with E-state index in [1.807, 2.05) is 12.1 Å². The molecule has 1 saturated carbocycles. The minimum atomic E-state index is -0.379. The van der Waals surface area contributed by atoms with Crippen LogP contribution >= 0.6 is 0 Å². The molecule has 3 atom stereocenters. The van der Waals surface area contributed by atoms with Crippen LogP contribution in [0, 0.1) is 5.92 Å². The van der Waals surface area contributed by atoms with Gasteiger partial charge in [-0.15, -0.1) is 0 Å². The second kappa shape index (κ2) is 6.80. The molecule has 1 aromatic rings. The van der Waals surface area contributed by atoms with Gasteiger partial charge in [0, 0.05) is 24.1 Å². The van der Waals surface area contributed by atoms with E-state index in [9.17, 15) is 9.90 Å². The van der Waals surface area contributed by atoms with Gasteiger partial charge in [0.15, 0.2) is 0 Å². The first-order chi connectivity index (χ1) is 10.6. The van der Waals surface area contributed by atoms with E-state index >= 15 is 0 Å². The molecule has 2 aliphatic rings. The van der Waals surface area contributed by atoms with Crippen LogP contribution in [0.15, 0.2) is 24.3 Å². The van der Waals surface area contributed by atoms with E-state index in [0.29, 0.717) is 17.5 Å². The van der Waals surface area contributed by atoms with Crippen LogP contribution in [0.2, 0.25) is 0 Å². The number of likely N-dealkylation sites (tertiary alicyclic amines) is 1. The van der Waals surface area contributed by atoms with Crippen LogP contribution in [0.3, 0.4) is 0 Å². The molecule has 1 aliphatic heterocycles. The molecule has 0 spiro atoms. The van der Waals surface area contributed by atoms with Crippen LogP contribution in [-0.2, 0) is 6.54 Å². The standard InChI is InChI=1S/C18H26N2O2/c19-18(22)14-9-7-13(8-10-14)12-20-11-3-5-16(20)15-4-1-2-6-17(15)21/h7-10,15-17,21H,1-6,11-12H2,(H2,19,22)/t15-,16+,17+/m0/s1. The van der Waals surface area contributed by atoms with Crippen molar-refractivity contribution in [2.45, 2.75) is 57.2 Å². The van der Waals surface area contributed by atoms with Crippen molar-refractivity contribution in [2.24, 2.45) is 11.7 Å². The minimum Gasteiger partial charge on any atom is -0.393 e. The number of carbonyl (C=O) groups is 1. The highest BCUT2D eigenvalue weighted by Crippen LogP contribution is 2.35. The van der Waals surface area contributed by atoms with Crippen molar-refractivity contribution in [3.8, 4) is 0 Å². The van der Waals surface area contributed by atoms with Crippen molar-refractivity contribution < 1.29 is 9.90 Å². The molecule has 2 fully saturated rings. The Balaban J connectivity index is 1.66. The summed E-state index contributed by atoms with van der Waals surface area (Å²) in [6, 6.07) is 8.10. The Bertz CT molecular complexity index is 514. The van der Waals surface area contributed by atoms with Crippen molar-refractivity contribution >= 4 is 5.91 Å². The maximum Gasteiger partial charge on any atom is 0.248 e. The van der Waals surface area contributed by atoms with Gasteiger partial charge in [-0.25, -0.2) is 0 Å². The van der Waals surface area contributed by atoms with Gasteiger partial charge < -0.3 is 10.8 Å². The van der Waals surface area contributed by atoms with Crippen LogP contribution in [-0.4, -0.2) is 34.6 Å². The first-order valence-electron chi connectivity index (χ1n) is 8.46. The van der Waals surface area contributed by atoms with Crippen molar-refractivity contribution in [1.82, 2.24) is 4.90 Å². The first-order valence-corrected chi connectivity index (χ1v) is 8.46. The first kappa shape index (κ1) is 15.5. The average molecular weight is 302 g/mol. The number of hydrogen-bond acceptors (Lipinski definition) is 3. The summed E-state index contributed by atoms with van der Waals surface area (Å²) >= 11 is 0. The molecule has 4 heteroatoms. The molecule has 22 heavy (non-hydrogen) atoms. The van der Waals surface area contributed by atoms with Crippen molar-refractivity contribution in [3.05, 3.63) is 35.4 Å². The van der Waals surface area contributed by atoms with Gasteiger partial charge in [-0.05, 0) is 49.9 Å². The monoisotopic (exact) mass is 302 g/mol. The SMILES string of the molecule is NC(=O)c1ccc(CN2CCC[C@@H]2[C@@H]2CCCC[C@H]2O)cc1. The largest absolute Gasteiger partial charge is 0.393 e. The highest BCUT2D eigenvalue weighted by atomic mass is 16.3. The molecule has 1 aromatic carbocycles. The van der Waals surface area contributed by atoms with Crippen molar-refractivity contribution in [2.75, 3.05) is 6.54 Å². The summed E-state index contributed by atoms with van der Waals surface area (Å²) in [6.45, 7) is 2.00. The van der Waals surface area contributed by atoms with Gasteiger partial charge in [-0.1, -0.05) is 25.0 Å². The summed E-state index contributed by atoms with van der Waals surface area (Å²) in [5.41, 5.74) is 7.06. The van der Waals surface area contributed by atoms with E-state index in [2.05, 4.69) is 4.90 Å². The predicted octanol–water partition coefficient (Wildman–Crippen LogP) is 2.30. The van der Waals surface area contributed by atoms with E-state index in [0.717, 1.165) is 25.9 Å². The normalized spacial score (nSPS) is 29.6. The fraction of sp³-hybridized carbons (Fsp3) is 0.611. The average Bonchev–Trinajstić information content (AvgIpc) is 2.96. The van der Waals surface area contributed by atoms with Gasteiger partial charge in [0.1, 0.15) is 0 Å². The molecular weight excluding hydrogens is 276 g/mol. The van der Waals surface area contributed by atoms with Crippen molar-refractivity contribution in [3.63, 3.8) is 0 Å². The number of rotatable bonds is 4. The van der Waals surface area contributed by atoms with Crippen LogP contribution in [0.25, 0.3) is 0 Å². The molecule has 1 aliphatic carbocycles. The third kappa shape index (κ3) is 3.33. The molecule has 0 bridgehead atoms. The van der Waals surface area contributed by atoms with Crippen LogP contribution < -0.4 is 5.73 Å². The number of hydrogen-bond donors (Lipinski definition) is 2. The number of carbonyl (C=O) groups excluding carboxylic acids is 1. The summed E-state index contributed by atoms with van der Waals surface area (Å²) in [4.78, 5) is 13.6. The third-order valence-electron chi connectivity index (χ3n) is 5.31. The molecule has 0 aromatic heterocycles. The number of aliphatic hydroxyl groups excluding tert-OH is 1. The summed E-state index contributed by atoms with van der Waals surface area (Å²) in [6.07, 6.45) is 6.81. The molecule has 4 nitrogen and oxygen atoms in total. The number of primary amides is 1. The Morgan fingerprint density at radius 1 is 1.14 bits per heavy atom. The van der Waals surface area contributed by atoms with Crippen LogP contribution in [0.4, 0.5) is 0 Å². The molecule has 1 heterocycles. The summed E-state index contributed by atoms with van der Waals surface area (Å²) in [5.74, 6) is 0.0528. The Morgan fingerprint density at radius 2 is 1.86 bits per heavy atom. The Labute approximate surface area is 132 Å². The quantitative estimate of drug-likeness (QED) is 0.897. The zero-order chi connectivity index (χ0) is 15.5. The summed E-state index contributed by atoms with van der Waals surface area (Å²) in [7, 11) is 0. The maximum absolute atomic E-state index is 11.1. The number of aliphatic hydroxyl groups is 1. The Morgan fingerprint density at radius 3 is 2.55 bits per heavy atom. The number of nitrogens with zero attached hydrogens (tertiary/aromatic N) is 1. The lowest BCUT2D eigenvalue weighted by molar-refractivity contribution is 0.0201. The van der Waals surface area contributed by atoms with Gasteiger partial charge in [0.2, 0.25) is 5.91 Å². The van der Waals surface area contributed by atoms with Gasteiger partial charge in [0.25, 0.3) is 0 Å². The van der Waals surface area contributed by atoms with E-state index in [-0.39, 0.29) is 12.0 Å². The van der Waals surface area contributed by atoms with Crippen LogP contribution in [0.1, 0.15) is 54.4 Å². The summed E-state index contributed by atoms with van der Waals surface area (Å²) < 4.78 is 0. The molecule has 1 saturated heterocycles. The number of nitrogens with two attached hydrogens (primary N) is 1. The van der Waals surface area contributed by atoms with Gasteiger partial charge in [-0.2, -0.15) is 0 Å². The fourth-order valence-electron chi connectivity index (χ4n) is 4.13.